The van der Waals surface area contributed by atoms with Gasteiger partial charge < -0.3 is 4.57 Å². The second-order valence-electron chi connectivity index (χ2n) is 5.34. The Morgan fingerprint density at radius 1 is 1.43 bits per heavy atom. The first-order chi connectivity index (χ1) is 6.53. The quantitative estimate of drug-likeness (QED) is 0.641. The number of fused-ring (bicyclic) bond motifs is 1. The Kier molecular flexibility index (Phi) is 2.21. The molecular weight excluding hydrogens is 170 g/mol. The Hall–Kier alpha value is -0.720. The molecule has 1 nitrogen and oxygen atoms in total. The van der Waals surface area contributed by atoms with Gasteiger partial charge in [-0.1, -0.05) is 13.8 Å². The van der Waals surface area contributed by atoms with Crippen molar-refractivity contribution >= 4 is 0 Å². The lowest BCUT2D eigenvalue weighted by atomic mass is 9.77. The van der Waals surface area contributed by atoms with Crippen molar-refractivity contribution in [3.63, 3.8) is 0 Å². The highest BCUT2D eigenvalue weighted by Crippen LogP contribution is 2.36. The Bertz CT molecular complexity index is 344. The van der Waals surface area contributed by atoms with Crippen molar-refractivity contribution in [2.24, 2.45) is 5.41 Å². The molecule has 1 heteroatoms. The van der Waals surface area contributed by atoms with E-state index in [2.05, 4.69) is 38.3 Å². The summed E-state index contributed by atoms with van der Waals surface area (Å²) in [7, 11) is 0. The van der Waals surface area contributed by atoms with Crippen molar-refractivity contribution in [2.45, 2.75) is 53.5 Å². The molecule has 0 N–H and O–H groups in total. The Morgan fingerprint density at radius 2 is 2.14 bits per heavy atom. The van der Waals surface area contributed by atoms with Crippen molar-refractivity contribution in [1.82, 2.24) is 4.57 Å². The van der Waals surface area contributed by atoms with Gasteiger partial charge >= 0.3 is 0 Å². The van der Waals surface area contributed by atoms with Crippen LogP contribution in [0.15, 0.2) is 6.07 Å². The summed E-state index contributed by atoms with van der Waals surface area (Å²) >= 11 is 0. The molecular formula is C13H21N. The molecule has 1 aliphatic carbocycles. The van der Waals surface area contributed by atoms with Gasteiger partial charge in [-0.3, -0.25) is 0 Å². The standard InChI is InChI=1S/C13H21N/c1-5-14-10(2)8-11-6-7-13(3,4)9-12(11)14/h8H,5-7,9H2,1-4H3. The maximum Gasteiger partial charge on any atom is 0.0214 e. The highest BCUT2D eigenvalue weighted by Gasteiger charge is 2.27. The van der Waals surface area contributed by atoms with Crippen LogP contribution in [0.3, 0.4) is 0 Å². The Balaban J connectivity index is 2.44. The van der Waals surface area contributed by atoms with Gasteiger partial charge in [-0.25, -0.2) is 0 Å². The van der Waals surface area contributed by atoms with Crippen LogP contribution in [0, 0.1) is 12.3 Å². The van der Waals surface area contributed by atoms with E-state index in [0.717, 1.165) is 6.54 Å². The summed E-state index contributed by atoms with van der Waals surface area (Å²) < 4.78 is 2.48. The molecule has 1 aromatic heterocycles. The van der Waals surface area contributed by atoms with Gasteiger partial charge in [0.2, 0.25) is 0 Å². The van der Waals surface area contributed by atoms with E-state index in [1.165, 1.54) is 25.0 Å². The van der Waals surface area contributed by atoms with Crippen molar-refractivity contribution in [1.29, 1.82) is 0 Å². The van der Waals surface area contributed by atoms with E-state index in [1.54, 1.807) is 11.3 Å². The average molecular weight is 191 g/mol. The highest BCUT2D eigenvalue weighted by atomic mass is 15.0. The van der Waals surface area contributed by atoms with Crippen LogP contribution in [0.2, 0.25) is 0 Å². The molecule has 14 heavy (non-hydrogen) atoms. The first kappa shape index (κ1) is 9.82. The zero-order chi connectivity index (χ0) is 10.3. The molecule has 0 amide bonds. The lowest BCUT2D eigenvalue weighted by Crippen LogP contribution is -2.23. The van der Waals surface area contributed by atoms with Gasteiger partial charge in [0.25, 0.3) is 0 Å². The third-order valence-electron chi connectivity index (χ3n) is 3.54. The summed E-state index contributed by atoms with van der Waals surface area (Å²) in [5, 5.41) is 0. The minimum absolute atomic E-state index is 0.505. The summed E-state index contributed by atoms with van der Waals surface area (Å²) in [5.41, 5.74) is 5.14. The van der Waals surface area contributed by atoms with Crippen molar-refractivity contribution in [2.75, 3.05) is 0 Å². The van der Waals surface area contributed by atoms with E-state index in [4.69, 9.17) is 0 Å². The summed E-state index contributed by atoms with van der Waals surface area (Å²) in [6, 6.07) is 2.38. The first-order valence-corrected chi connectivity index (χ1v) is 5.71. The van der Waals surface area contributed by atoms with E-state index in [9.17, 15) is 0 Å². The van der Waals surface area contributed by atoms with E-state index < -0.39 is 0 Å². The summed E-state index contributed by atoms with van der Waals surface area (Å²) in [6.07, 6.45) is 3.87. The SMILES string of the molecule is CCn1c(C)cc2c1CC(C)(C)CC2. The van der Waals surface area contributed by atoms with Crippen LogP contribution >= 0.6 is 0 Å². The third-order valence-corrected chi connectivity index (χ3v) is 3.54. The third kappa shape index (κ3) is 1.49. The minimum atomic E-state index is 0.505. The smallest absolute Gasteiger partial charge is 0.0214 e. The van der Waals surface area contributed by atoms with Crippen LogP contribution in [-0.2, 0) is 19.4 Å². The van der Waals surface area contributed by atoms with Gasteiger partial charge in [-0.05, 0) is 50.2 Å². The number of hydrogen-bond donors (Lipinski definition) is 0. The van der Waals surface area contributed by atoms with Crippen LogP contribution in [0.5, 0.6) is 0 Å². The molecule has 0 aromatic carbocycles. The lowest BCUT2D eigenvalue weighted by Gasteiger charge is -2.30. The molecule has 0 unspecified atom stereocenters. The molecule has 0 saturated heterocycles. The van der Waals surface area contributed by atoms with Crippen LogP contribution in [0.4, 0.5) is 0 Å². The fraction of sp³-hybridized carbons (Fsp3) is 0.692. The van der Waals surface area contributed by atoms with Gasteiger partial charge in [-0.15, -0.1) is 0 Å². The zero-order valence-corrected chi connectivity index (χ0v) is 9.85. The molecule has 0 radical (unpaired) electrons. The molecule has 0 fully saturated rings. The molecule has 1 aromatic rings. The lowest BCUT2D eigenvalue weighted by molar-refractivity contribution is 0.306. The first-order valence-electron chi connectivity index (χ1n) is 5.71. The molecule has 0 aliphatic heterocycles. The van der Waals surface area contributed by atoms with Crippen molar-refractivity contribution < 1.29 is 0 Å². The normalized spacial score (nSPS) is 19.4. The van der Waals surface area contributed by atoms with Crippen LogP contribution in [0.25, 0.3) is 0 Å². The second-order valence-corrected chi connectivity index (χ2v) is 5.34. The monoisotopic (exact) mass is 191 g/mol. The fourth-order valence-corrected chi connectivity index (χ4v) is 2.68. The number of rotatable bonds is 1. The summed E-state index contributed by atoms with van der Waals surface area (Å²) in [5.74, 6) is 0. The molecule has 1 heterocycles. The minimum Gasteiger partial charge on any atom is -0.349 e. The predicted molar refractivity (Wildman–Crippen MR) is 60.6 cm³/mol. The topological polar surface area (TPSA) is 4.93 Å². The molecule has 0 spiro atoms. The fourth-order valence-electron chi connectivity index (χ4n) is 2.68. The largest absolute Gasteiger partial charge is 0.349 e. The van der Waals surface area contributed by atoms with Gasteiger partial charge in [0.15, 0.2) is 0 Å². The highest BCUT2D eigenvalue weighted by molar-refractivity contribution is 5.31. The van der Waals surface area contributed by atoms with Crippen molar-refractivity contribution in [3.05, 3.63) is 23.0 Å². The Morgan fingerprint density at radius 3 is 2.79 bits per heavy atom. The maximum atomic E-state index is 2.48. The summed E-state index contributed by atoms with van der Waals surface area (Å²) in [4.78, 5) is 0. The van der Waals surface area contributed by atoms with Crippen LogP contribution in [-0.4, -0.2) is 4.57 Å². The molecule has 1 aliphatic rings. The van der Waals surface area contributed by atoms with Gasteiger partial charge in [0.05, 0.1) is 0 Å². The van der Waals surface area contributed by atoms with Crippen LogP contribution in [0.1, 0.15) is 44.1 Å². The molecule has 0 saturated carbocycles. The maximum absolute atomic E-state index is 2.48. The summed E-state index contributed by atoms with van der Waals surface area (Å²) in [6.45, 7) is 10.4. The number of aromatic nitrogens is 1. The van der Waals surface area contributed by atoms with Crippen molar-refractivity contribution in [3.8, 4) is 0 Å². The molecule has 0 bridgehead atoms. The average Bonchev–Trinajstić information content (AvgIpc) is 2.39. The second kappa shape index (κ2) is 3.15. The molecule has 78 valence electrons. The predicted octanol–water partition coefficient (Wildman–Crippen LogP) is 3.33. The van der Waals surface area contributed by atoms with Crippen LogP contribution < -0.4 is 0 Å². The van der Waals surface area contributed by atoms with E-state index >= 15 is 0 Å². The zero-order valence-electron chi connectivity index (χ0n) is 9.85. The Labute approximate surface area is 87.1 Å². The van der Waals surface area contributed by atoms with Gasteiger partial charge in [-0.2, -0.15) is 0 Å². The van der Waals surface area contributed by atoms with Gasteiger partial charge in [0, 0.05) is 17.9 Å². The molecule has 0 atom stereocenters. The van der Waals surface area contributed by atoms with E-state index in [-0.39, 0.29) is 0 Å². The number of hydrogen-bond acceptors (Lipinski definition) is 0. The van der Waals surface area contributed by atoms with E-state index in [0.29, 0.717) is 5.41 Å². The van der Waals surface area contributed by atoms with Gasteiger partial charge in [0.1, 0.15) is 0 Å². The van der Waals surface area contributed by atoms with E-state index in [1.807, 2.05) is 0 Å². The number of nitrogens with zero attached hydrogens (tertiary/aromatic N) is 1. The number of aryl methyl sites for hydroxylation is 2. The molecule has 2 rings (SSSR count).